The smallest absolute Gasteiger partial charge is 0.159 e. The molecule has 2 N–H and O–H groups in total. The van der Waals surface area contributed by atoms with Crippen molar-refractivity contribution in [3.8, 4) is 22.8 Å². The fraction of sp³-hybridized carbons (Fsp3) is 0.0714. The standard InChI is InChI=1S/C14H13N5O/c1-20-11-4-2-3-10(7-11)12-8-13(15)19(18-12)14-5-6-16-9-17-14/h2-9H,15H2,1H3. The molecule has 100 valence electrons. The fourth-order valence-corrected chi connectivity index (χ4v) is 1.91. The molecule has 0 radical (unpaired) electrons. The third-order valence-corrected chi connectivity index (χ3v) is 2.89. The Labute approximate surface area is 115 Å². The summed E-state index contributed by atoms with van der Waals surface area (Å²) >= 11 is 0. The summed E-state index contributed by atoms with van der Waals surface area (Å²) in [6, 6.07) is 11.2. The maximum atomic E-state index is 5.99. The van der Waals surface area contributed by atoms with E-state index >= 15 is 0 Å². The van der Waals surface area contributed by atoms with Gasteiger partial charge in [0.25, 0.3) is 0 Å². The monoisotopic (exact) mass is 267 g/mol. The minimum Gasteiger partial charge on any atom is -0.497 e. The van der Waals surface area contributed by atoms with Crippen LogP contribution in [0.25, 0.3) is 17.1 Å². The Hall–Kier alpha value is -2.89. The van der Waals surface area contributed by atoms with E-state index in [9.17, 15) is 0 Å². The zero-order chi connectivity index (χ0) is 13.9. The molecule has 0 spiro atoms. The number of hydrogen-bond donors (Lipinski definition) is 1. The molecule has 0 bridgehead atoms. The number of nitrogen functional groups attached to an aromatic ring is 1. The van der Waals surface area contributed by atoms with Crippen LogP contribution in [0, 0.1) is 0 Å². The summed E-state index contributed by atoms with van der Waals surface area (Å²) in [4.78, 5) is 8.01. The van der Waals surface area contributed by atoms with E-state index in [4.69, 9.17) is 10.5 Å². The van der Waals surface area contributed by atoms with Gasteiger partial charge in [-0.3, -0.25) is 0 Å². The van der Waals surface area contributed by atoms with Crippen LogP contribution in [0.5, 0.6) is 5.75 Å². The maximum Gasteiger partial charge on any atom is 0.159 e. The zero-order valence-electron chi connectivity index (χ0n) is 10.9. The first-order chi connectivity index (χ1) is 9.78. The largest absolute Gasteiger partial charge is 0.497 e. The number of rotatable bonds is 3. The van der Waals surface area contributed by atoms with Crippen LogP contribution in [0.15, 0.2) is 48.9 Å². The van der Waals surface area contributed by atoms with E-state index in [1.807, 2.05) is 24.3 Å². The first-order valence-corrected chi connectivity index (χ1v) is 6.04. The third-order valence-electron chi connectivity index (χ3n) is 2.89. The van der Waals surface area contributed by atoms with Crippen LogP contribution in [-0.2, 0) is 0 Å². The summed E-state index contributed by atoms with van der Waals surface area (Å²) in [6.45, 7) is 0. The summed E-state index contributed by atoms with van der Waals surface area (Å²) in [5.74, 6) is 1.92. The van der Waals surface area contributed by atoms with E-state index in [1.165, 1.54) is 6.33 Å². The number of hydrogen-bond acceptors (Lipinski definition) is 5. The van der Waals surface area contributed by atoms with E-state index in [0.717, 1.165) is 17.0 Å². The molecule has 0 amide bonds. The Bertz CT molecular complexity index is 723. The fourth-order valence-electron chi connectivity index (χ4n) is 1.91. The molecule has 0 unspecified atom stereocenters. The second-order valence-corrected chi connectivity index (χ2v) is 4.17. The molecule has 0 saturated heterocycles. The van der Waals surface area contributed by atoms with Crippen LogP contribution >= 0.6 is 0 Å². The number of aromatic nitrogens is 4. The van der Waals surface area contributed by atoms with E-state index in [2.05, 4.69) is 15.1 Å². The van der Waals surface area contributed by atoms with Crippen LogP contribution < -0.4 is 10.5 Å². The van der Waals surface area contributed by atoms with E-state index in [1.54, 1.807) is 30.1 Å². The van der Waals surface area contributed by atoms with Gasteiger partial charge in [-0.2, -0.15) is 9.78 Å². The number of anilines is 1. The lowest BCUT2D eigenvalue weighted by atomic mass is 10.1. The van der Waals surface area contributed by atoms with E-state index in [0.29, 0.717) is 11.6 Å². The number of methoxy groups -OCH3 is 1. The van der Waals surface area contributed by atoms with Crippen molar-refractivity contribution in [1.29, 1.82) is 0 Å². The van der Waals surface area contributed by atoms with Gasteiger partial charge in [-0.05, 0) is 12.1 Å². The highest BCUT2D eigenvalue weighted by Gasteiger charge is 2.10. The van der Waals surface area contributed by atoms with Crippen molar-refractivity contribution in [2.24, 2.45) is 0 Å². The van der Waals surface area contributed by atoms with Gasteiger partial charge in [0.15, 0.2) is 5.82 Å². The minimum absolute atomic E-state index is 0.515. The van der Waals surface area contributed by atoms with Gasteiger partial charge in [0.1, 0.15) is 17.9 Å². The van der Waals surface area contributed by atoms with Gasteiger partial charge >= 0.3 is 0 Å². The molecule has 3 rings (SSSR count). The molecule has 0 aliphatic heterocycles. The van der Waals surface area contributed by atoms with Crippen LogP contribution in [0.1, 0.15) is 0 Å². The first-order valence-electron chi connectivity index (χ1n) is 6.04. The molecule has 0 atom stereocenters. The molecule has 0 fully saturated rings. The summed E-state index contributed by atoms with van der Waals surface area (Å²) in [5, 5.41) is 4.47. The van der Waals surface area contributed by atoms with Crippen molar-refractivity contribution < 1.29 is 4.74 Å². The van der Waals surface area contributed by atoms with Gasteiger partial charge in [-0.25, -0.2) is 9.97 Å². The lowest BCUT2D eigenvalue weighted by Crippen LogP contribution is -2.03. The van der Waals surface area contributed by atoms with Gasteiger partial charge in [0, 0.05) is 23.9 Å². The molecule has 2 heterocycles. The zero-order valence-corrected chi connectivity index (χ0v) is 10.9. The van der Waals surface area contributed by atoms with Crippen molar-refractivity contribution >= 4 is 5.82 Å². The Morgan fingerprint density at radius 2 is 2.10 bits per heavy atom. The van der Waals surface area contributed by atoms with Gasteiger partial charge in [-0.1, -0.05) is 12.1 Å². The molecule has 2 aromatic heterocycles. The highest BCUT2D eigenvalue weighted by Crippen LogP contribution is 2.25. The predicted molar refractivity (Wildman–Crippen MR) is 75.6 cm³/mol. The lowest BCUT2D eigenvalue weighted by Gasteiger charge is -2.02. The second-order valence-electron chi connectivity index (χ2n) is 4.17. The number of nitrogens with two attached hydrogens (primary N) is 1. The van der Waals surface area contributed by atoms with Gasteiger partial charge < -0.3 is 10.5 Å². The lowest BCUT2D eigenvalue weighted by molar-refractivity contribution is 0.415. The van der Waals surface area contributed by atoms with Crippen LogP contribution in [0.3, 0.4) is 0 Å². The highest BCUT2D eigenvalue weighted by molar-refractivity contribution is 5.64. The molecule has 20 heavy (non-hydrogen) atoms. The summed E-state index contributed by atoms with van der Waals surface area (Å²) in [6.07, 6.45) is 3.11. The Morgan fingerprint density at radius 1 is 1.20 bits per heavy atom. The number of benzene rings is 1. The molecular formula is C14H13N5O. The van der Waals surface area contributed by atoms with Crippen LogP contribution in [0.2, 0.25) is 0 Å². The molecule has 0 aliphatic carbocycles. The Balaban J connectivity index is 2.04. The second kappa shape index (κ2) is 5.00. The average molecular weight is 267 g/mol. The average Bonchev–Trinajstić information content (AvgIpc) is 2.90. The number of ether oxygens (including phenoxy) is 1. The Morgan fingerprint density at radius 3 is 2.85 bits per heavy atom. The molecule has 1 aromatic carbocycles. The van der Waals surface area contributed by atoms with Crippen molar-refractivity contribution in [2.45, 2.75) is 0 Å². The molecule has 0 saturated carbocycles. The SMILES string of the molecule is COc1cccc(-c2cc(N)n(-c3ccncn3)n2)c1. The van der Waals surface area contributed by atoms with E-state index < -0.39 is 0 Å². The molecule has 6 nitrogen and oxygen atoms in total. The van der Waals surface area contributed by atoms with Crippen molar-refractivity contribution in [3.63, 3.8) is 0 Å². The van der Waals surface area contributed by atoms with E-state index in [-0.39, 0.29) is 0 Å². The van der Waals surface area contributed by atoms with Crippen molar-refractivity contribution in [2.75, 3.05) is 12.8 Å². The molecule has 3 aromatic rings. The maximum absolute atomic E-state index is 5.99. The van der Waals surface area contributed by atoms with Gasteiger partial charge in [0.05, 0.1) is 12.8 Å². The van der Waals surface area contributed by atoms with Crippen molar-refractivity contribution in [1.82, 2.24) is 19.7 Å². The predicted octanol–water partition coefficient (Wildman–Crippen LogP) is 1.92. The highest BCUT2D eigenvalue weighted by atomic mass is 16.5. The molecule has 0 aliphatic rings. The number of nitrogens with zero attached hydrogens (tertiary/aromatic N) is 4. The first kappa shape index (κ1) is 12.2. The molecule has 6 heteroatoms. The Kier molecular flexibility index (Phi) is 3.04. The summed E-state index contributed by atoms with van der Waals surface area (Å²) < 4.78 is 6.79. The van der Waals surface area contributed by atoms with Gasteiger partial charge in [0.2, 0.25) is 0 Å². The van der Waals surface area contributed by atoms with Crippen molar-refractivity contribution in [3.05, 3.63) is 48.9 Å². The minimum atomic E-state index is 0.515. The van der Waals surface area contributed by atoms with Gasteiger partial charge in [-0.15, -0.1) is 0 Å². The van der Waals surface area contributed by atoms with Crippen LogP contribution in [0.4, 0.5) is 5.82 Å². The summed E-state index contributed by atoms with van der Waals surface area (Å²) in [7, 11) is 1.63. The quantitative estimate of drug-likeness (QED) is 0.784. The normalized spacial score (nSPS) is 10.4. The van der Waals surface area contributed by atoms with Crippen LogP contribution in [-0.4, -0.2) is 26.9 Å². The third kappa shape index (κ3) is 2.18. The topological polar surface area (TPSA) is 78.9 Å². The summed E-state index contributed by atoms with van der Waals surface area (Å²) in [5.41, 5.74) is 7.69. The molecular weight excluding hydrogens is 254 g/mol.